The molecule has 0 bridgehead atoms. The Morgan fingerprint density at radius 2 is 2.07 bits per heavy atom. The van der Waals surface area contributed by atoms with E-state index in [4.69, 9.17) is 5.11 Å². The van der Waals surface area contributed by atoms with Crippen LogP contribution in [-0.4, -0.2) is 23.3 Å². The van der Waals surface area contributed by atoms with E-state index in [1.54, 1.807) is 12.1 Å². The number of ether oxygens (including phenoxy) is 1. The van der Waals surface area contributed by atoms with Crippen LogP contribution in [0.1, 0.15) is 5.56 Å². The first kappa shape index (κ1) is 10.1. The Labute approximate surface area is 81.1 Å². The molecule has 0 amide bonds. The molecule has 1 aromatic rings. The largest absolute Gasteiger partial charge is 0.507 e. The highest BCUT2D eigenvalue weighted by Gasteiger charge is 2.13. The number of benzene rings is 1. The van der Waals surface area contributed by atoms with E-state index in [1.807, 2.05) is 0 Å². The fourth-order valence-corrected chi connectivity index (χ4v) is 1.05. The lowest BCUT2D eigenvalue weighted by Gasteiger charge is -2.04. The second kappa shape index (κ2) is 4.32. The van der Waals surface area contributed by atoms with E-state index in [-0.39, 0.29) is 16.9 Å². The molecular weight excluding hydrogens is 184 g/mol. The summed E-state index contributed by atoms with van der Waals surface area (Å²) in [5, 5.41) is 18.2. The summed E-state index contributed by atoms with van der Waals surface area (Å²) in [7, 11) is 1.35. The fraction of sp³-hybridized carbons (Fsp3) is 0.100. The molecule has 0 aliphatic carbocycles. The number of carboxylic acids is 1. The molecular formula is C10H10O4. The van der Waals surface area contributed by atoms with Crippen molar-refractivity contribution >= 4 is 11.5 Å². The molecule has 4 nitrogen and oxygen atoms in total. The van der Waals surface area contributed by atoms with Gasteiger partial charge in [0, 0.05) is 5.56 Å². The Balaban J connectivity index is 3.19. The maximum absolute atomic E-state index is 10.8. The molecule has 0 atom stereocenters. The van der Waals surface area contributed by atoms with E-state index in [0.29, 0.717) is 0 Å². The molecule has 0 aliphatic rings. The Hall–Kier alpha value is -1.97. The lowest BCUT2D eigenvalue weighted by Crippen LogP contribution is -2.00. The summed E-state index contributed by atoms with van der Waals surface area (Å²) in [6, 6.07) is 6.18. The fourth-order valence-electron chi connectivity index (χ4n) is 1.05. The van der Waals surface area contributed by atoms with Crippen molar-refractivity contribution in [1.82, 2.24) is 0 Å². The molecule has 1 rings (SSSR count). The first-order valence-corrected chi connectivity index (χ1v) is 3.91. The van der Waals surface area contributed by atoms with Gasteiger partial charge in [0.05, 0.1) is 13.4 Å². The van der Waals surface area contributed by atoms with E-state index in [0.717, 1.165) is 6.26 Å². The number of carbonyl (C=O) groups is 1. The molecule has 0 radical (unpaired) electrons. The maximum Gasteiger partial charge on any atom is 0.339 e. The topological polar surface area (TPSA) is 66.8 Å². The molecule has 0 fully saturated rings. The van der Waals surface area contributed by atoms with Crippen molar-refractivity contribution in [3.63, 3.8) is 0 Å². The quantitative estimate of drug-likeness (QED) is 0.564. The lowest BCUT2D eigenvalue weighted by molar-refractivity contribution is -0.130. The summed E-state index contributed by atoms with van der Waals surface area (Å²) >= 11 is 0. The van der Waals surface area contributed by atoms with E-state index >= 15 is 0 Å². The number of phenolic OH excluding ortho intramolecular Hbond substituents is 1. The minimum atomic E-state index is -1.15. The standard InChI is InChI=1S/C10H10O4/c1-14-6-8(10(12)13)7-4-2-3-5-9(7)11/h2-6,11H,1H3,(H,12,13)/b8-6-. The van der Waals surface area contributed by atoms with Gasteiger partial charge in [-0.2, -0.15) is 0 Å². The van der Waals surface area contributed by atoms with Crippen LogP contribution in [0.3, 0.4) is 0 Å². The van der Waals surface area contributed by atoms with Gasteiger partial charge in [0.25, 0.3) is 0 Å². The van der Waals surface area contributed by atoms with Crippen molar-refractivity contribution in [1.29, 1.82) is 0 Å². The van der Waals surface area contributed by atoms with Gasteiger partial charge in [0.1, 0.15) is 11.3 Å². The van der Waals surface area contributed by atoms with Gasteiger partial charge in [-0.1, -0.05) is 18.2 Å². The zero-order valence-corrected chi connectivity index (χ0v) is 7.60. The van der Waals surface area contributed by atoms with E-state index < -0.39 is 5.97 Å². The van der Waals surface area contributed by atoms with E-state index in [1.165, 1.54) is 19.2 Å². The number of hydrogen-bond donors (Lipinski definition) is 2. The predicted molar refractivity (Wildman–Crippen MR) is 50.7 cm³/mol. The Bertz CT molecular complexity index is 368. The van der Waals surface area contributed by atoms with Crippen molar-refractivity contribution in [3.05, 3.63) is 36.1 Å². The average Bonchev–Trinajstić information content (AvgIpc) is 2.15. The molecule has 0 spiro atoms. The van der Waals surface area contributed by atoms with Crippen LogP contribution in [0, 0.1) is 0 Å². The molecule has 2 N–H and O–H groups in total. The van der Waals surface area contributed by atoms with Gasteiger partial charge >= 0.3 is 5.97 Å². The third-order valence-corrected chi connectivity index (χ3v) is 1.66. The number of aromatic hydroxyl groups is 1. The first-order valence-electron chi connectivity index (χ1n) is 3.91. The Morgan fingerprint density at radius 3 is 2.57 bits per heavy atom. The Kier molecular flexibility index (Phi) is 3.12. The van der Waals surface area contributed by atoms with Crippen molar-refractivity contribution < 1.29 is 19.7 Å². The zero-order valence-electron chi connectivity index (χ0n) is 7.60. The summed E-state index contributed by atoms with van der Waals surface area (Å²) in [5.74, 6) is -1.23. The summed E-state index contributed by atoms with van der Waals surface area (Å²) in [4.78, 5) is 10.8. The predicted octanol–water partition coefficient (Wildman–Crippen LogP) is 1.46. The van der Waals surface area contributed by atoms with Crippen LogP contribution in [0.5, 0.6) is 5.75 Å². The molecule has 0 heterocycles. The monoisotopic (exact) mass is 194 g/mol. The molecule has 14 heavy (non-hydrogen) atoms. The zero-order chi connectivity index (χ0) is 10.6. The summed E-state index contributed by atoms with van der Waals surface area (Å²) < 4.78 is 4.62. The molecule has 4 heteroatoms. The van der Waals surface area contributed by atoms with Crippen molar-refractivity contribution in [3.8, 4) is 5.75 Å². The highest BCUT2D eigenvalue weighted by molar-refractivity contribution is 6.15. The summed E-state index contributed by atoms with van der Waals surface area (Å²) in [6.07, 6.45) is 1.08. The van der Waals surface area contributed by atoms with Crippen molar-refractivity contribution in [2.45, 2.75) is 0 Å². The van der Waals surface area contributed by atoms with Crippen LogP contribution in [0.4, 0.5) is 0 Å². The van der Waals surface area contributed by atoms with Gasteiger partial charge in [0.2, 0.25) is 0 Å². The third kappa shape index (κ3) is 2.04. The molecule has 0 aliphatic heterocycles. The normalized spacial score (nSPS) is 11.1. The van der Waals surface area contributed by atoms with Crippen LogP contribution in [0.25, 0.3) is 5.57 Å². The number of carboxylic acid groups (broad SMARTS) is 1. The lowest BCUT2D eigenvalue weighted by atomic mass is 10.1. The highest BCUT2D eigenvalue weighted by atomic mass is 16.5. The van der Waals surface area contributed by atoms with E-state index in [9.17, 15) is 9.90 Å². The number of rotatable bonds is 3. The second-order valence-corrected chi connectivity index (χ2v) is 2.59. The second-order valence-electron chi connectivity index (χ2n) is 2.59. The highest BCUT2D eigenvalue weighted by Crippen LogP contribution is 2.24. The number of hydrogen-bond acceptors (Lipinski definition) is 3. The number of phenols is 1. The smallest absolute Gasteiger partial charge is 0.339 e. The molecule has 0 saturated heterocycles. The minimum Gasteiger partial charge on any atom is -0.507 e. The summed E-state index contributed by atoms with van der Waals surface area (Å²) in [6.45, 7) is 0. The summed E-state index contributed by atoms with van der Waals surface area (Å²) in [5.41, 5.74) is 0.160. The van der Waals surface area contributed by atoms with Crippen molar-refractivity contribution in [2.24, 2.45) is 0 Å². The number of aliphatic carboxylic acids is 1. The van der Waals surface area contributed by atoms with Gasteiger partial charge in [-0.15, -0.1) is 0 Å². The number of para-hydroxylation sites is 1. The van der Waals surface area contributed by atoms with Crippen LogP contribution < -0.4 is 0 Å². The van der Waals surface area contributed by atoms with Crippen LogP contribution in [0.15, 0.2) is 30.5 Å². The van der Waals surface area contributed by atoms with Gasteiger partial charge in [0.15, 0.2) is 0 Å². The van der Waals surface area contributed by atoms with Crippen LogP contribution >= 0.6 is 0 Å². The first-order chi connectivity index (χ1) is 6.66. The molecule has 0 saturated carbocycles. The van der Waals surface area contributed by atoms with Gasteiger partial charge < -0.3 is 14.9 Å². The maximum atomic E-state index is 10.8. The molecule has 1 aromatic carbocycles. The number of methoxy groups -OCH3 is 1. The Morgan fingerprint density at radius 1 is 1.43 bits per heavy atom. The van der Waals surface area contributed by atoms with Crippen molar-refractivity contribution in [2.75, 3.05) is 7.11 Å². The average molecular weight is 194 g/mol. The molecule has 74 valence electrons. The SMILES string of the molecule is CO/C=C(\C(=O)O)c1ccccc1O. The minimum absolute atomic E-state index is 0.0781. The van der Waals surface area contributed by atoms with Gasteiger partial charge in [-0.3, -0.25) is 0 Å². The van der Waals surface area contributed by atoms with Gasteiger partial charge in [-0.05, 0) is 6.07 Å². The molecule has 0 unspecified atom stereocenters. The van der Waals surface area contributed by atoms with Gasteiger partial charge in [-0.25, -0.2) is 4.79 Å². The van der Waals surface area contributed by atoms with Crippen LogP contribution in [-0.2, 0) is 9.53 Å². The van der Waals surface area contributed by atoms with E-state index in [2.05, 4.69) is 4.74 Å². The third-order valence-electron chi connectivity index (χ3n) is 1.66. The van der Waals surface area contributed by atoms with Crippen LogP contribution in [0.2, 0.25) is 0 Å². The molecule has 0 aromatic heterocycles.